The van der Waals surface area contributed by atoms with Gasteiger partial charge in [-0.05, 0) is 44.4 Å². The molecule has 3 heterocycles. The van der Waals surface area contributed by atoms with E-state index in [2.05, 4.69) is 20.8 Å². The Kier molecular flexibility index (Phi) is 3.86. The van der Waals surface area contributed by atoms with Crippen molar-refractivity contribution in [2.24, 2.45) is 0 Å². The van der Waals surface area contributed by atoms with Crippen molar-refractivity contribution in [3.05, 3.63) is 53.3 Å². The molecule has 3 aromatic heterocycles. The van der Waals surface area contributed by atoms with Crippen LogP contribution in [-0.2, 0) is 6.42 Å². The van der Waals surface area contributed by atoms with Gasteiger partial charge in [0.05, 0.1) is 41.0 Å². The Hall–Kier alpha value is -3.27. The van der Waals surface area contributed by atoms with Crippen molar-refractivity contribution in [2.45, 2.75) is 44.8 Å². The van der Waals surface area contributed by atoms with Gasteiger partial charge in [0, 0.05) is 17.5 Å². The van der Waals surface area contributed by atoms with Gasteiger partial charge in [-0.3, -0.25) is 4.98 Å². The highest BCUT2D eigenvalue weighted by molar-refractivity contribution is 6.02. The predicted molar refractivity (Wildman–Crippen MR) is 102 cm³/mol. The molecule has 0 saturated heterocycles. The lowest BCUT2D eigenvalue weighted by Gasteiger charge is -2.17. The summed E-state index contributed by atoms with van der Waals surface area (Å²) in [4.78, 5) is 9.30. The van der Waals surface area contributed by atoms with Gasteiger partial charge in [-0.15, -0.1) is 0 Å². The lowest BCUT2D eigenvalue weighted by atomic mass is 10.1. The minimum absolute atomic E-state index is 0.0272. The monoisotopic (exact) mass is 375 g/mol. The van der Waals surface area contributed by atoms with E-state index in [-0.39, 0.29) is 6.04 Å². The number of fused-ring (bicyclic) bond motifs is 3. The van der Waals surface area contributed by atoms with Crippen LogP contribution in [0.15, 0.2) is 35.0 Å². The number of benzene rings is 1. The van der Waals surface area contributed by atoms with Crippen molar-refractivity contribution in [3.8, 4) is 6.07 Å². The number of halogens is 1. The summed E-state index contributed by atoms with van der Waals surface area (Å²) in [6.07, 6.45) is 3.24. The van der Waals surface area contributed by atoms with Gasteiger partial charge in [0.2, 0.25) is 0 Å². The summed E-state index contributed by atoms with van der Waals surface area (Å²) in [5, 5.41) is 14.3. The van der Waals surface area contributed by atoms with E-state index in [1.54, 1.807) is 12.3 Å². The van der Waals surface area contributed by atoms with Crippen LogP contribution < -0.4 is 0 Å². The maximum atomic E-state index is 14.0. The maximum absolute atomic E-state index is 14.0. The second kappa shape index (κ2) is 6.41. The molecule has 1 fully saturated rings. The third-order valence-corrected chi connectivity index (χ3v) is 5.44. The lowest BCUT2D eigenvalue weighted by Crippen LogP contribution is -2.11. The molecular weight excluding hydrogens is 357 g/mol. The Morgan fingerprint density at radius 2 is 2.18 bits per heavy atom. The van der Waals surface area contributed by atoms with Gasteiger partial charge < -0.3 is 9.09 Å². The number of nitriles is 1. The van der Waals surface area contributed by atoms with Crippen LogP contribution in [-0.4, -0.2) is 25.9 Å². The second-order valence-corrected chi connectivity index (χ2v) is 7.40. The van der Waals surface area contributed by atoms with Crippen LogP contribution in [0.4, 0.5) is 4.39 Å². The largest absolute Gasteiger partial charge is 0.361 e. The number of rotatable bonds is 3. The maximum Gasteiger partial charge on any atom is 0.133 e. The number of imidazole rings is 1. The average molecular weight is 375 g/mol. The van der Waals surface area contributed by atoms with Crippen molar-refractivity contribution >= 4 is 21.9 Å². The fraction of sp³-hybridized carbons (Fsp3) is 0.333. The average Bonchev–Trinajstić information content (AvgIpc) is 3.39. The van der Waals surface area contributed by atoms with E-state index in [0.717, 1.165) is 45.6 Å². The first kappa shape index (κ1) is 16.9. The van der Waals surface area contributed by atoms with Crippen LogP contribution in [0.3, 0.4) is 0 Å². The molecule has 7 heteroatoms. The number of pyridine rings is 1. The van der Waals surface area contributed by atoms with E-state index < -0.39 is 6.17 Å². The summed E-state index contributed by atoms with van der Waals surface area (Å²) < 4.78 is 21.4. The molecule has 1 aliphatic rings. The quantitative estimate of drug-likeness (QED) is 0.530. The molecule has 0 N–H and O–H groups in total. The first-order valence-electron chi connectivity index (χ1n) is 9.38. The summed E-state index contributed by atoms with van der Waals surface area (Å²) in [6, 6.07) is 9.55. The summed E-state index contributed by atoms with van der Waals surface area (Å²) in [6.45, 7) is 1.85. The van der Waals surface area contributed by atoms with Crippen LogP contribution in [0.25, 0.3) is 21.9 Å². The number of nitrogens with zero attached hydrogens (tertiary/aromatic N) is 5. The van der Waals surface area contributed by atoms with E-state index in [4.69, 9.17) is 9.51 Å². The van der Waals surface area contributed by atoms with Crippen LogP contribution in [0.2, 0.25) is 0 Å². The Labute approximate surface area is 160 Å². The molecule has 1 saturated carbocycles. The highest BCUT2D eigenvalue weighted by atomic mass is 19.1. The molecule has 0 amide bonds. The van der Waals surface area contributed by atoms with Crippen molar-refractivity contribution in [1.82, 2.24) is 19.7 Å². The molecular formula is C21H18FN5O. The van der Waals surface area contributed by atoms with E-state index in [1.165, 1.54) is 0 Å². The number of hydrogen-bond acceptors (Lipinski definition) is 5. The molecule has 140 valence electrons. The van der Waals surface area contributed by atoms with Gasteiger partial charge in [0.25, 0.3) is 0 Å². The molecule has 5 rings (SSSR count). The van der Waals surface area contributed by atoms with E-state index in [9.17, 15) is 9.65 Å². The van der Waals surface area contributed by atoms with Gasteiger partial charge in [-0.1, -0.05) is 5.16 Å². The molecule has 1 aliphatic carbocycles. The Bertz CT molecular complexity index is 1240. The fourth-order valence-electron chi connectivity index (χ4n) is 4.21. The molecule has 6 nitrogen and oxygen atoms in total. The van der Waals surface area contributed by atoms with Crippen molar-refractivity contribution in [1.29, 1.82) is 5.26 Å². The van der Waals surface area contributed by atoms with Gasteiger partial charge >= 0.3 is 0 Å². The summed E-state index contributed by atoms with van der Waals surface area (Å²) in [5.74, 6) is 1.56. The molecule has 0 unspecified atom stereocenters. The SMILES string of the molecule is Cc1cc(Cc2nc3cnc4ccc(C#N)cc4c3n2[C@H]2CC[C@@H](F)C2)no1. The predicted octanol–water partition coefficient (Wildman–Crippen LogP) is 4.41. The first-order valence-corrected chi connectivity index (χ1v) is 9.38. The normalized spacial score (nSPS) is 19.5. The lowest BCUT2D eigenvalue weighted by molar-refractivity contribution is 0.330. The van der Waals surface area contributed by atoms with Crippen molar-refractivity contribution < 1.29 is 8.91 Å². The van der Waals surface area contributed by atoms with Gasteiger partial charge in [-0.2, -0.15) is 5.26 Å². The zero-order valence-corrected chi connectivity index (χ0v) is 15.4. The molecule has 0 aliphatic heterocycles. The highest BCUT2D eigenvalue weighted by Crippen LogP contribution is 2.37. The van der Waals surface area contributed by atoms with Gasteiger partial charge in [-0.25, -0.2) is 9.37 Å². The van der Waals surface area contributed by atoms with Gasteiger partial charge in [0.1, 0.15) is 23.3 Å². The smallest absolute Gasteiger partial charge is 0.133 e. The number of aryl methyl sites for hydroxylation is 1. The summed E-state index contributed by atoms with van der Waals surface area (Å²) >= 11 is 0. The Morgan fingerprint density at radius 3 is 2.89 bits per heavy atom. The number of aromatic nitrogens is 4. The number of alkyl halides is 1. The third kappa shape index (κ3) is 2.73. The Morgan fingerprint density at radius 1 is 1.29 bits per heavy atom. The second-order valence-electron chi connectivity index (χ2n) is 7.40. The minimum Gasteiger partial charge on any atom is -0.361 e. The fourth-order valence-corrected chi connectivity index (χ4v) is 4.21. The molecule has 4 aromatic rings. The molecule has 1 aromatic carbocycles. The first-order chi connectivity index (χ1) is 13.6. The van der Waals surface area contributed by atoms with Crippen LogP contribution >= 0.6 is 0 Å². The van der Waals surface area contributed by atoms with Gasteiger partial charge in [0.15, 0.2) is 0 Å². The topological polar surface area (TPSA) is 80.5 Å². The molecule has 2 atom stereocenters. The van der Waals surface area contributed by atoms with Crippen LogP contribution in [0.1, 0.15) is 48.1 Å². The molecule has 0 bridgehead atoms. The van der Waals surface area contributed by atoms with E-state index >= 15 is 0 Å². The van der Waals surface area contributed by atoms with Crippen LogP contribution in [0.5, 0.6) is 0 Å². The molecule has 0 spiro atoms. The number of hydrogen-bond donors (Lipinski definition) is 0. The highest BCUT2D eigenvalue weighted by Gasteiger charge is 2.30. The zero-order chi connectivity index (χ0) is 19.3. The standard InChI is InChI=1S/C21H18FN5O/c1-12-6-15(26-28-12)9-20-25-19-11-24-18-5-2-13(10-23)7-17(18)21(19)27(20)16-4-3-14(22)8-16/h2,5-7,11,14,16H,3-4,8-9H2,1H3/t14-,16+/m1/s1. The van der Waals surface area contributed by atoms with E-state index in [0.29, 0.717) is 24.8 Å². The molecule has 28 heavy (non-hydrogen) atoms. The summed E-state index contributed by atoms with van der Waals surface area (Å²) in [5.41, 5.74) is 3.82. The molecule has 0 radical (unpaired) electrons. The van der Waals surface area contributed by atoms with E-state index in [1.807, 2.05) is 25.1 Å². The van der Waals surface area contributed by atoms with Crippen molar-refractivity contribution in [3.63, 3.8) is 0 Å². The van der Waals surface area contributed by atoms with Crippen molar-refractivity contribution in [2.75, 3.05) is 0 Å². The van der Waals surface area contributed by atoms with Crippen LogP contribution in [0, 0.1) is 18.3 Å². The third-order valence-electron chi connectivity index (χ3n) is 5.44. The minimum atomic E-state index is -0.799. The summed E-state index contributed by atoms with van der Waals surface area (Å²) in [7, 11) is 0. The zero-order valence-electron chi connectivity index (χ0n) is 15.4. The Balaban J connectivity index is 1.76.